The molecule has 1 heterocycles. The number of benzene rings is 1. The van der Waals surface area contributed by atoms with Crippen molar-refractivity contribution in [3.8, 4) is 0 Å². The van der Waals surface area contributed by atoms with Gasteiger partial charge in [0, 0.05) is 12.6 Å². The minimum absolute atomic E-state index is 0.0448. The molecule has 1 aromatic carbocycles. The molecule has 0 amide bonds. The van der Waals surface area contributed by atoms with Crippen molar-refractivity contribution in [1.82, 2.24) is 0 Å². The van der Waals surface area contributed by atoms with Crippen molar-refractivity contribution in [1.29, 1.82) is 0 Å². The summed E-state index contributed by atoms with van der Waals surface area (Å²) in [7, 11) is 0. The smallest absolute Gasteiger partial charge is 0.343 e. The number of halogens is 3. The van der Waals surface area contributed by atoms with Crippen LogP contribution >= 0.6 is 0 Å². The van der Waals surface area contributed by atoms with E-state index in [1.54, 1.807) is 6.92 Å². The predicted molar refractivity (Wildman–Crippen MR) is 74.0 cm³/mol. The predicted octanol–water partition coefficient (Wildman–Crippen LogP) is 3.17. The zero-order valence-corrected chi connectivity index (χ0v) is 11.8. The van der Waals surface area contributed by atoms with Crippen molar-refractivity contribution in [3.63, 3.8) is 0 Å². The zero-order valence-electron chi connectivity index (χ0n) is 11.8. The number of carbonyl (C=O) groups is 1. The van der Waals surface area contributed by atoms with E-state index in [4.69, 9.17) is 4.74 Å². The third-order valence-corrected chi connectivity index (χ3v) is 3.14. The summed E-state index contributed by atoms with van der Waals surface area (Å²) in [6.45, 7) is 2.08. The number of esters is 1. The van der Waals surface area contributed by atoms with Crippen LogP contribution in [0.1, 0.15) is 25.3 Å². The van der Waals surface area contributed by atoms with E-state index in [1.165, 1.54) is 0 Å². The normalized spacial score (nSPS) is 15.4. The Hall–Kier alpha value is -2.31. The van der Waals surface area contributed by atoms with E-state index < -0.39 is 34.7 Å². The van der Waals surface area contributed by atoms with E-state index in [0.29, 0.717) is 31.5 Å². The summed E-state index contributed by atoms with van der Waals surface area (Å²) >= 11 is 0. The number of hydrogen-bond acceptors (Lipinski definition) is 4. The van der Waals surface area contributed by atoms with Crippen LogP contribution in [-0.2, 0) is 9.53 Å². The molecule has 118 valence electrons. The molecule has 2 rings (SSSR count). The molecule has 0 bridgehead atoms. The van der Waals surface area contributed by atoms with E-state index in [-0.39, 0.29) is 17.9 Å². The highest BCUT2D eigenvalue weighted by atomic mass is 19.2. The number of aliphatic hydroxyl groups is 1. The molecule has 1 aromatic rings. The molecule has 0 spiro atoms. The fourth-order valence-corrected chi connectivity index (χ4v) is 2.14. The summed E-state index contributed by atoms with van der Waals surface area (Å²) < 4.78 is 44.9. The van der Waals surface area contributed by atoms with Gasteiger partial charge in [0.05, 0.1) is 17.9 Å². The van der Waals surface area contributed by atoms with Crippen LogP contribution in [0.3, 0.4) is 0 Å². The Labute approximate surface area is 124 Å². The molecular formula is C15H14F3NO3. The van der Waals surface area contributed by atoms with E-state index in [1.807, 2.05) is 0 Å². The highest BCUT2D eigenvalue weighted by Gasteiger charge is 2.27. The maximum atomic E-state index is 13.8. The van der Waals surface area contributed by atoms with Crippen molar-refractivity contribution in [2.75, 3.05) is 13.2 Å². The molecule has 0 aliphatic carbocycles. The lowest BCUT2D eigenvalue weighted by atomic mass is 10.0. The molecule has 7 heteroatoms. The molecule has 22 heavy (non-hydrogen) atoms. The first-order valence-corrected chi connectivity index (χ1v) is 6.74. The quantitative estimate of drug-likeness (QED) is 0.402. The fraction of sp³-hybridized carbons (Fsp3) is 0.333. The number of nitrogens with zero attached hydrogens (tertiary/aromatic N) is 1. The minimum atomic E-state index is -1.38. The Balaban J connectivity index is 2.58. The standard InChI is InChI=1S/C15H14F3NO3/c1-2-22-15(21)13(12-4-3-5-19-12)14(20)8-6-10(17)11(18)7-9(8)16/h6-7,20H,2-5H2,1H3. The van der Waals surface area contributed by atoms with Gasteiger partial charge in [-0.25, -0.2) is 18.0 Å². The lowest BCUT2D eigenvalue weighted by Gasteiger charge is -2.11. The number of aliphatic hydroxyl groups excluding tert-OH is 1. The fourth-order valence-electron chi connectivity index (χ4n) is 2.14. The Bertz CT molecular complexity index is 668. The first kappa shape index (κ1) is 16.1. The first-order chi connectivity index (χ1) is 10.5. The molecule has 0 aromatic heterocycles. The van der Waals surface area contributed by atoms with E-state index in [9.17, 15) is 23.1 Å². The van der Waals surface area contributed by atoms with Crippen molar-refractivity contribution < 1.29 is 27.8 Å². The zero-order chi connectivity index (χ0) is 16.3. The van der Waals surface area contributed by atoms with E-state index >= 15 is 0 Å². The van der Waals surface area contributed by atoms with Crippen LogP contribution in [0.4, 0.5) is 13.2 Å². The Morgan fingerprint density at radius 3 is 2.55 bits per heavy atom. The van der Waals surface area contributed by atoms with Gasteiger partial charge in [0.2, 0.25) is 0 Å². The van der Waals surface area contributed by atoms with E-state index in [0.717, 1.165) is 0 Å². The molecule has 0 fully saturated rings. The third kappa shape index (κ3) is 3.13. The molecule has 1 aliphatic heterocycles. The Morgan fingerprint density at radius 1 is 1.27 bits per heavy atom. The van der Waals surface area contributed by atoms with Gasteiger partial charge >= 0.3 is 5.97 Å². The first-order valence-electron chi connectivity index (χ1n) is 6.74. The lowest BCUT2D eigenvalue weighted by molar-refractivity contribution is -0.137. The second kappa shape index (κ2) is 6.64. The third-order valence-electron chi connectivity index (χ3n) is 3.14. The van der Waals surface area contributed by atoms with Crippen molar-refractivity contribution in [3.05, 3.63) is 40.7 Å². The van der Waals surface area contributed by atoms with Gasteiger partial charge in [0.1, 0.15) is 17.1 Å². The molecule has 4 nitrogen and oxygen atoms in total. The van der Waals surface area contributed by atoms with Crippen LogP contribution in [0.25, 0.3) is 5.76 Å². The summed E-state index contributed by atoms with van der Waals surface area (Å²) in [6, 6.07) is 0.800. The highest BCUT2D eigenvalue weighted by molar-refractivity contribution is 6.24. The Morgan fingerprint density at radius 2 is 1.95 bits per heavy atom. The van der Waals surface area contributed by atoms with Crippen LogP contribution in [0.5, 0.6) is 0 Å². The van der Waals surface area contributed by atoms with Crippen LogP contribution in [0, 0.1) is 17.5 Å². The van der Waals surface area contributed by atoms with Gasteiger partial charge in [-0.15, -0.1) is 0 Å². The van der Waals surface area contributed by atoms with Crippen LogP contribution in [0.15, 0.2) is 22.7 Å². The number of rotatable bonds is 4. The average Bonchev–Trinajstić information content (AvgIpc) is 2.97. The number of carbonyl (C=O) groups excluding carboxylic acids is 1. The molecular weight excluding hydrogens is 299 g/mol. The summed E-state index contributed by atoms with van der Waals surface area (Å²) in [4.78, 5) is 16.1. The summed E-state index contributed by atoms with van der Waals surface area (Å²) in [5.41, 5.74) is -0.666. The van der Waals surface area contributed by atoms with Gasteiger partial charge < -0.3 is 9.84 Å². The van der Waals surface area contributed by atoms with Crippen LogP contribution in [-0.4, -0.2) is 29.9 Å². The molecule has 1 N–H and O–H groups in total. The molecule has 0 atom stereocenters. The monoisotopic (exact) mass is 313 g/mol. The Kier molecular flexibility index (Phi) is 4.85. The highest BCUT2D eigenvalue weighted by Crippen LogP contribution is 2.26. The number of ether oxygens (including phenoxy) is 1. The van der Waals surface area contributed by atoms with E-state index in [2.05, 4.69) is 4.99 Å². The molecule has 0 saturated heterocycles. The van der Waals surface area contributed by atoms with Crippen molar-refractivity contribution in [2.24, 2.45) is 4.99 Å². The van der Waals surface area contributed by atoms with Crippen LogP contribution in [0.2, 0.25) is 0 Å². The lowest BCUT2D eigenvalue weighted by Crippen LogP contribution is -2.17. The van der Waals surface area contributed by atoms with Crippen molar-refractivity contribution in [2.45, 2.75) is 19.8 Å². The summed E-state index contributed by atoms with van der Waals surface area (Å²) in [6.07, 6.45) is 1.08. The van der Waals surface area contributed by atoms with Gasteiger partial charge in [-0.05, 0) is 25.8 Å². The minimum Gasteiger partial charge on any atom is -0.506 e. The molecule has 0 saturated carbocycles. The maximum Gasteiger partial charge on any atom is 0.343 e. The topological polar surface area (TPSA) is 58.9 Å². The summed E-state index contributed by atoms with van der Waals surface area (Å²) in [5.74, 6) is -5.60. The largest absolute Gasteiger partial charge is 0.506 e. The maximum absolute atomic E-state index is 13.8. The molecule has 0 unspecified atom stereocenters. The second-order valence-corrected chi connectivity index (χ2v) is 4.62. The van der Waals surface area contributed by atoms with Gasteiger partial charge in [0.25, 0.3) is 0 Å². The van der Waals surface area contributed by atoms with Gasteiger partial charge in [-0.2, -0.15) is 0 Å². The molecule has 0 radical (unpaired) electrons. The number of hydrogen-bond donors (Lipinski definition) is 1. The molecule has 1 aliphatic rings. The van der Waals surface area contributed by atoms with Crippen LogP contribution < -0.4 is 0 Å². The second-order valence-electron chi connectivity index (χ2n) is 4.62. The summed E-state index contributed by atoms with van der Waals surface area (Å²) in [5, 5.41) is 10.2. The average molecular weight is 313 g/mol. The van der Waals surface area contributed by atoms with Gasteiger partial charge in [-0.3, -0.25) is 4.99 Å². The van der Waals surface area contributed by atoms with Gasteiger partial charge in [-0.1, -0.05) is 0 Å². The SMILES string of the molecule is CCOC(=O)C(C1=NCCC1)=C(O)c1cc(F)c(F)cc1F. The van der Waals surface area contributed by atoms with Crippen molar-refractivity contribution >= 4 is 17.4 Å². The van der Waals surface area contributed by atoms with Gasteiger partial charge in [0.15, 0.2) is 11.6 Å². The number of aliphatic imine (C=N–C) groups is 1.